The molecule has 0 aliphatic carbocycles. The molecule has 0 atom stereocenters. The number of aromatic amines is 1. The summed E-state index contributed by atoms with van der Waals surface area (Å²) in [6.45, 7) is 0. The van der Waals surface area contributed by atoms with Gasteiger partial charge in [-0.15, -0.1) is 0 Å². The Hall–Kier alpha value is -3.17. The van der Waals surface area contributed by atoms with E-state index in [-0.39, 0.29) is 5.95 Å². The van der Waals surface area contributed by atoms with Gasteiger partial charge < -0.3 is 10.7 Å². The second kappa shape index (κ2) is 6.04. The van der Waals surface area contributed by atoms with Crippen molar-refractivity contribution >= 4 is 32.8 Å². The van der Waals surface area contributed by atoms with Crippen molar-refractivity contribution < 1.29 is 0 Å². The molecule has 2 aromatic carbocycles. The summed E-state index contributed by atoms with van der Waals surface area (Å²) in [5, 5.41) is 10.0. The average molecular weight is 390 g/mol. The first-order valence-electron chi connectivity index (χ1n) is 7.56. The van der Waals surface area contributed by atoms with E-state index in [1.807, 2.05) is 36.4 Å². The number of nitrogens with two attached hydrogens (primary N) is 1. The number of hydrogen-bond acceptors (Lipinski definition) is 4. The van der Waals surface area contributed by atoms with Crippen LogP contribution in [-0.2, 0) is 0 Å². The van der Waals surface area contributed by atoms with E-state index in [4.69, 9.17) is 11.0 Å². The molecule has 0 saturated carbocycles. The second-order valence-corrected chi connectivity index (χ2v) is 6.47. The standard InChI is InChI=1S/C19H12BrN5/c20-13-5-6-15-14(9-13)17(16-7-8-23-19(22)25-16)18(24-15)12-3-1-11(10-21)2-4-12/h1-9,24H,(H2,22,23,25). The molecular formula is C19H12BrN5. The third-order valence-electron chi connectivity index (χ3n) is 3.99. The Morgan fingerprint density at radius 1 is 1.08 bits per heavy atom. The highest BCUT2D eigenvalue weighted by Gasteiger charge is 2.17. The Balaban J connectivity index is 2.03. The van der Waals surface area contributed by atoms with E-state index < -0.39 is 0 Å². The lowest BCUT2D eigenvalue weighted by molar-refractivity contribution is 1.19. The van der Waals surface area contributed by atoms with Crippen molar-refractivity contribution in [2.75, 3.05) is 5.73 Å². The lowest BCUT2D eigenvalue weighted by Gasteiger charge is -2.06. The molecule has 0 aliphatic heterocycles. The first-order valence-corrected chi connectivity index (χ1v) is 8.35. The fourth-order valence-corrected chi connectivity index (χ4v) is 3.23. The molecule has 5 nitrogen and oxygen atoms in total. The Morgan fingerprint density at radius 2 is 1.88 bits per heavy atom. The predicted octanol–water partition coefficient (Wildman–Crippen LogP) is 4.51. The summed E-state index contributed by atoms with van der Waals surface area (Å²) >= 11 is 3.53. The quantitative estimate of drug-likeness (QED) is 0.527. The number of rotatable bonds is 2. The molecule has 4 rings (SSSR count). The molecule has 0 unspecified atom stereocenters. The maximum Gasteiger partial charge on any atom is 0.220 e. The summed E-state index contributed by atoms with van der Waals surface area (Å²) in [4.78, 5) is 11.8. The number of H-pyrrole nitrogens is 1. The van der Waals surface area contributed by atoms with Gasteiger partial charge in [-0.2, -0.15) is 5.26 Å². The molecule has 0 spiro atoms. The highest BCUT2D eigenvalue weighted by Crippen LogP contribution is 2.38. The van der Waals surface area contributed by atoms with E-state index in [0.717, 1.165) is 37.9 Å². The smallest absolute Gasteiger partial charge is 0.220 e. The first-order chi connectivity index (χ1) is 12.2. The van der Waals surface area contributed by atoms with Crippen LogP contribution in [0.2, 0.25) is 0 Å². The predicted molar refractivity (Wildman–Crippen MR) is 102 cm³/mol. The van der Waals surface area contributed by atoms with Gasteiger partial charge in [-0.05, 0) is 42.0 Å². The Morgan fingerprint density at radius 3 is 2.60 bits per heavy atom. The third kappa shape index (κ3) is 2.75. The molecule has 6 heteroatoms. The van der Waals surface area contributed by atoms with Gasteiger partial charge in [-0.25, -0.2) is 9.97 Å². The summed E-state index contributed by atoms with van der Waals surface area (Å²) in [7, 11) is 0. The van der Waals surface area contributed by atoms with Crippen molar-refractivity contribution in [3.63, 3.8) is 0 Å². The number of nitrogens with zero attached hydrogens (tertiary/aromatic N) is 3. The lowest BCUT2D eigenvalue weighted by Crippen LogP contribution is -1.95. The molecule has 0 amide bonds. The Labute approximate surface area is 152 Å². The van der Waals surface area contributed by atoms with Gasteiger partial charge in [-0.3, -0.25) is 0 Å². The lowest BCUT2D eigenvalue weighted by atomic mass is 10.0. The molecule has 0 radical (unpaired) electrons. The molecule has 0 fully saturated rings. The van der Waals surface area contributed by atoms with Crippen LogP contribution in [0.25, 0.3) is 33.4 Å². The minimum absolute atomic E-state index is 0.229. The van der Waals surface area contributed by atoms with E-state index in [1.165, 1.54) is 0 Å². The number of hydrogen-bond donors (Lipinski definition) is 2. The third-order valence-corrected chi connectivity index (χ3v) is 4.49. The Bertz CT molecular complexity index is 1120. The molecule has 0 bridgehead atoms. The minimum atomic E-state index is 0.229. The summed E-state index contributed by atoms with van der Waals surface area (Å²) < 4.78 is 0.980. The van der Waals surface area contributed by atoms with Crippen LogP contribution < -0.4 is 5.73 Å². The van der Waals surface area contributed by atoms with E-state index in [1.54, 1.807) is 18.3 Å². The second-order valence-electron chi connectivity index (χ2n) is 5.55. The normalized spacial score (nSPS) is 10.7. The zero-order valence-corrected chi connectivity index (χ0v) is 14.6. The number of fused-ring (bicyclic) bond motifs is 1. The fraction of sp³-hybridized carbons (Fsp3) is 0. The zero-order valence-electron chi connectivity index (χ0n) is 13.0. The summed E-state index contributed by atoms with van der Waals surface area (Å²) in [5.74, 6) is 0.229. The summed E-state index contributed by atoms with van der Waals surface area (Å²) in [5.41, 5.74) is 11.0. The number of nitriles is 1. The molecule has 2 heterocycles. The van der Waals surface area contributed by atoms with Crippen LogP contribution in [0, 0.1) is 11.3 Å². The van der Waals surface area contributed by atoms with Crippen LogP contribution >= 0.6 is 15.9 Å². The van der Waals surface area contributed by atoms with Crippen LogP contribution in [0.3, 0.4) is 0 Å². The SMILES string of the molecule is N#Cc1ccc(-c2[nH]c3ccc(Br)cc3c2-c2ccnc(N)n2)cc1. The maximum absolute atomic E-state index is 9.01. The molecule has 0 aliphatic rings. The van der Waals surface area contributed by atoms with E-state index in [2.05, 4.69) is 37.0 Å². The van der Waals surface area contributed by atoms with Crippen molar-refractivity contribution in [3.05, 3.63) is 64.8 Å². The fourth-order valence-electron chi connectivity index (χ4n) is 2.87. The van der Waals surface area contributed by atoms with Crippen LogP contribution in [0.15, 0.2) is 59.2 Å². The van der Waals surface area contributed by atoms with Crippen molar-refractivity contribution in [2.45, 2.75) is 0 Å². The highest BCUT2D eigenvalue weighted by atomic mass is 79.9. The van der Waals surface area contributed by atoms with Gasteiger partial charge in [0.15, 0.2) is 0 Å². The first kappa shape index (κ1) is 15.4. The topological polar surface area (TPSA) is 91.4 Å². The van der Waals surface area contributed by atoms with Crippen molar-refractivity contribution in [1.29, 1.82) is 5.26 Å². The molecule has 3 N–H and O–H groups in total. The molecule has 0 saturated heterocycles. The summed E-state index contributed by atoms with van der Waals surface area (Å²) in [6.07, 6.45) is 1.65. The van der Waals surface area contributed by atoms with Gasteiger partial charge in [0, 0.05) is 27.1 Å². The van der Waals surface area contributed by atoms with Gasteiger partial charge >= 0.3 is 0 Å². The van der Waals surface area contributed by atoms with Crippen molar-refractivity contribution in [2.24, 2.45) is 0 Å². The number of aromatic nitrogens is 3. The van der Waals surface area contributed by atoms with Gasteiger partial charge in [0.05, 0.1) is 23.0 Å². The van der Waals surface area contributed by atoms with E-state index in [0.29, 0.717) is 5.56 Å². The molecule has 120 valence electrons. The van der Waals surface area contributed by atoms with E-state index in [9.17, 15) is 0 Å². The molecule has 4 aromatic rings. The number of nitrogen functional groups attached to an aromatic ring is 1. The molecule has 2 aromatic heterocycles. The molecule has 25 heavy (non-hydrogen) atoms. The molecular weight excluding hydrogens is 378 g/mol. The average Bonchev–Trinajstić information content (AvgIpc) is 3.00. The number of nitrogens with one attached hydrogen (secondary N) is 1. The van der Waals surface area contributed by atoms with Crippen LogP contribution in [0.5, 0.6) is 0 Å². The zero-order chi connectivity index (χ0) is 17.4. The number of anilines is 1. The van der Waals surface area contributed by atoms with Gasteiger partial charge in [0.25, 0.3) is 0 Å². The largest absolute Gasteiger partial charge is 0.368 e. The number of halogens is 1. The van der Waals surface area contributed by atoms with Crippen LogP contribution in [-0.4, -0.2) is 15.0 Å². The Kier molecular flexibility index (Phi) is 3.71. The highest BCUT2D eigenvalue weighted by molar-refractivity contribution is 9.10. The van der Waals surface area contributed by atoms with Crippen molar-refractivity contribution in [1.82, 2.24) is 15.0 Å². The monoisotopic (exact) mass is 389 g/mol. The minimum Gasteiger partial charge on any atom is -0.368 e. The number of benzene rings is 2. The maximum atomic E-state index is 9.01. The van der Waals surface area contributed by atoms with E-state index >= 15 is 0 Å². The summed E-state index contributed by atoms with van der Waals surface area (Å²) in [6, 6.07) is 17.5. The van der Waals surface area contributed by atoms with Gasteiger partial charge in [-0.1, -0.05) is 28.1 Å². The van der Waals surface area contributed by atoms with Crippen LogP contribution in [0.1, 0.15) is 5.56 Å². The van der Waals surface area contributed by atoms with Gasteiger partial charge in [0.2, 0.25) is 5.95 Å². The van der Waals surface area contributed by atoms with Crippen molar-refractivity contribution in [3.8, 4) is 28.6 Å². The van der Waals surface area contributed by atoms with Gasteiger partial charge in [0.1, 0.15) is 0 Å². The van der Waals surface area contributed by atoms with Crippen LogP contribution in [0.4, 0.5) is 5.95 Å².